The molecule has 0 aromatic rings. The van der Waals surface area contributed by atoms with Gasteiger partial charge < -0.3 is 0 Å². The van der Waals surface area contributed by atoms with Crippen LogP contribution in [0.15, 0.2) is 0 Å². The summed E-state index contributed by atoms with van der Waals surface area (Å²) in [6.07, 6.45) is 2.70. The van der Waals surface area contributed by atoms with Crippen LogP contribution in [0.2, 0.25) is 0 Å². The van der Waals surface area contributed by atoms with E-state index in [1.807, 2.05) is 0 Å². The molecule has 0 radical (unpaired) electrons. The van der Waals surface area contributed by atoms with E-state index in [4.69, 9.17) is 4.74 Å². The first kappa shape index (κ1) is 7.79. The van der Waals surface area contributed by atoms with Gasteiger partial charge in [-0.1, -0.05) is 0 Å². The Morgan fingerprint density at radius 3 is 2.67 bits per heavy atom. The van der Waals surface area contributed by atoms with Gasteiger partial charge in [-0.2, -0.15) is 0 Å². The molecule has 2 heteroatoms. The van der Waals surface area contributed by atoms with E-state index < -0.39 is 0 Å². The molecule has 0 unspecified atom stereocenters. The van der Waals surface area contributed by atoms with Gasteiger partial charge in [0.05, 0.1) is 0 Å². The summed E-state index contributed by atoms with van der Waals surface area (Å²) in [5.41, 5.74) is 0. The monoisotopic (exact) mass is 241 g/mol. The third-order valence-corrected chi connectivity index (χ3v) is 4.90. The van der Waals surface area contributed by atoms with Crippen LogP contribution < -0.4 is 21.2 Å². The van der Waals surface area contributed by atoms with Gasteiger partial charge >= 0.3 is 67.3 Å². The molecule has 0 atom stereocenters. The Bertz CT molecular complexity index is 66.6. The molecule has 0 aliphatic carbocycles. The van der Waals surface area contributed by atoms with E-state index in [1.54, 1.807) is 0 Å². The van der Waals surface area contributed by atoms with Crippen molar-refractivity contribution < 1.29 is 25.9 Å². The zero-order valence-electron chi connectivity index (χ0n) is 5.90. The molecule has 0 aromatic carbocycles. The van der Waals surface area contributed by atoms with Gasteiger partial charge in [-0.3, -0.25) is 0 Å². The van der Waals surface area contributed by atoms with Gasteiger partial charge in [0.2, 0.25) is 0 Å². The Morgan fingerprint density at radius 1 is 1.44 bits per heavy atom. The van der Waals surface area contributed by atoms with Crippen LogP contribution >= 0.6 is 0 Å². The van der Waals surface area contributed by atoms with E-state index in [-0.39, 0.29) is 0 Å². The average molecular weight is 241 g/mol. The van der Waals surface area contributed by atoms with E-state index >= 15 is 0 Å². The third kappa shape index (κ3) is 2.85. The van der Waals surface area contributed by atoms with Crippen LogP contribution in [0.5, 0.6) is 0 Å². The van der Waals surface area contributed by atoms with Crippen molar-refractivity contribution in [1.29, 1.82) is 0 Å². The van der Waals surface area contributed by atoms with Crippen LogP contribution in [0.3, 0.4) is 0 Å². The van der Waals surface area contributed by atoms with Crippen LogP contribution in [-0.2, 0) is 4.74 Å². The van der Waals surface area contributed by atoms with Gasteiger partial charge in [0.1, 0.15) is 0 Å². The minimum atomic E-state index is 0.527. The molecule has 0 N–H and O–H groups in total. The summed E-state index contributed by atoms with van der Waals surface area (Å²) < 4.78 is 7.80. The quantitative estimate of drug-likeness (QED) is 0.412. The number of hydrogen-bond acceptors (Lipinski definition) is 1. The molecule has 0 saturated carbocycles. The second-order valence-corrected chi connectivity index (χ2v) is 6.38. The Kier molecular flexibility index (Phi) is 3.89. The molecule has 0 aromatic heterocycles. The van der Waals surface area contributed by atoms with Crippen LogP contribution in [-0.4, -0.2) is 21.6 Å². The Balaban J connectivity index is 2.08. The fraction of sp³-hybridized carbons (Fsp3) is 1.00. The summed E-state index contributed by atoms with van der Waals surface area (Å²) in [4.78, 5) is 0. The SMILES string of the molecule is CC[I-]C1CCOCC1. The van der Waals surface area contributed by atoms with Gasteiger partial charge in [-0.15, -0.1) is 0 Å². The first-order chi connectivity index (χ1) is 4.43. The van der Waals surface area contributed by atoms with E-state index in [1.165, 1.54) is 17.3 Å². The van der Waals surface area contributed by atoms with E-state index in [0.717, 1.165) is 17.1 Å². The molecule has 1 aliphatic heterocycles. The van der Waals surface area contributed by atoms with Crippen LogP contribution in [0.4, 0.5) is 0 Å². The van der Waals surface area contributed by atoms with E-state index in [2.05, 4.69) is 6.92 Å². The number of halogens is 1. The topological polar surface area (TPSA) is 9.23 Å². The first-order valence-electron chi connectivity index (χ1n) is 3.59. The number of alkyl halides is 2. The average Bonchev–Trinajstić information content (AvgIpc) is 1.91. The van der Waals surface area contributed by atoms with Gasteiger partial charge in [0.15, 0.2) is 0 Å². The molecule has 56 valence electrons. The Labute approximate surface area is 67.4 Å². The molecular formula is C7H14IO-. The summed E-state index contributed by atoms with van der Waals surface area (Å²) in [6.45, 7) is 4.37. The number of rotatable bonds is 2. The summed E-state index contributed by atoms with van der Waals surface area (Å²) in [5.74, 6) is 0. The number of hydrogen-bond donors (Lipinski definition) is 0. The number of ether oxygens (including phenoxy) is 1. The summed E-state index contributed by atoms with van der Waals surface area (Å²) in [6, 6.07) is 0. The Hall–Kier alpha value is 0.690. The zero-order chi connectivity index (χ0) is 6.53. The molecule has 1 saturated heterocycles. The van der Waals surface area contributed by atoms with Crippen LogP contribution in [0.25, 0.3) is 0 Å². The minimum absolute atomic E-state index is 0.527. The van der Waals surface area contributed by atoms with Crippen molar-refractivity contribution in [2.24, 2.45) is 0 Å². The van der Waals surface area contributed by atoms with Gasteiger partial charge in [-0.25, -0.2) is 0 Å². The molecule has 1 nitrogen and oxygen atoms in total. The first-order valence-corrected chi connectivity index (χ1v) is 6.36. The summed E-state index contributed by atoms with van der Waals surface area (Å²) in [5, 5.41) is 0. The van der Waals surface area contributed by atoms with E-state index in [0.29, 0.717) is 21.2 Å². The molecule has 9 heavy (non-hydrogen) atoms. The molecule has 0 spiro atoms. The van der Waals surface area contributed by atoms with Crippen LogP contribution in [0.1, 0.15) is 19.8 Å². The molecule has 1 heterocycles. The second-order valence-electron chi connectivity index (χ2n) is 2.21. The van der Waals surface area contributed by atoms with Crippen molar-refractivity contribution in [2.75, 3.05) is 17.6 Å². The maximum atomic E-state index is 5.26. The van der Waals surface area contributed by atoms with E-state index in [9.17, 15) is 0 Å². The molecule has 0 amide bonds. The predicted octanol–water partition coefficient (Wildman–Crippen LogP) is -1.73. The predicted molar refractivity (Wildman–Crippen MR) is 34.4 cm³/mol. The second kappa shape index (κ2) is 4.50. The van der Waals surface area contributed by atoms with Crippen molar-refractivity contribution in [1.82, 2.24) is 0 Å². The van der Waals surface area contributed by atoms with Crippen molar-refractivity contribution in [3.8, 4) is 0 Å². The third-order valence-electron chi connectivity index (χ3n) is 1.52. The van der Waals surface area contributed by atoms with Crippen molar-refractivity contribution in [2.45, 2.75) is 23.7 Å². The van der Waals surface area contributed by atoms with Crippen molar-refractivity contribution in [3.63, 3.8) is 0 Å². The fourth-order valence-electron chi connectivity index (χ4n) is 1.04. The standard InChI is InChI=1S/C7H14IO/c1-2-8-7-3-5-9-6-4-7/h7H,2-6H2,1H3/q-1. The normalized spacial score (nSPS) is 22.8. The fourth-order valence-corrected chi connectivity index (χ4v) is 3.68. The van der Waals surface area contributed by atoms with Crippen molar-refractivity contribution in [3.05, 3.63) is 0 Å². The molecular weight excluding hydrogens is 227 g/mol. The van der Waals surface area contributed by atoms with Gasteiger partial charge in [0.25, 0.3) is 0 Å². The Morgan fingerprint density at radius 2 is 2.11 bits per heavy atom. The summed E-state index contributed by atoms with van der Waals surface area (Å²) in [7, 11) is 0. The van der Waals surface area contributed by atoms with Crippen molar-refractivity contribution >= 4 is 0 Å². The molecule has 1 fully saturated rings. The molecule has 1 aliphatic rings. The summed E-state index contributed by atoms with van der Waals surface area (Å²) >= 11 is 0.527. The van der Waals surface area contributed by atoms with Gasteiger partial charge in [0, 0.05) is 0 Å². The van der Waals surface area contributed by atoms with Gasteiger partial charge in [-0.05, 0) is 0 Å². The zero-order valence-corrected chi connectivity index (χ0v) is 8.06. The molecule has 0 bridgehead atoms. The molecule has 1 rings (SSSR count). The maximum absolute atomic E-state index is 5.26. The van der Waals surface area contributed by atoms with Crippen LogP contribution in [0, 0.1) is 0 Å².